The maximum absolute atomic E-state index is 6.49. The van der Waals surface area contributed by atoms with Crippen molar-refractivity contribution in [2.45, 2.75) is 38.6 Å². The minimum Gasteiger partial charge on any atom is -0.303 e. The van der Waals surface area contributed by atoms with Crippen LogP contribution in [0.15, 0.2) is 55.1 Å². The number of hydrogen-bond donors (Lipinski definition) is 0. The lowest BCUT2D eigenvalue weighted by Crippen LogP contribution is -2.04. The Hall–Kier alpha value is -2.89. The molecule has 5 aromatic rings. The molecule has 1 aliphatic carbocycles. The highest BCUT2D eigenvalue weighted by Gasteiger charge is 2.20. The number of aromatic nitrogens is 5. The van der Waals surface area contributed by atoms with Crippen molar-refractivity contribution in [2.24, 2.45) is 0 Å². The van der Waals surface area contributed by atoms with Crippen LogP contribution in [0, 0.1) is 6.92 Å². The fourth-order valence-electron chi connectivity index (χ4n) is 4.79. The summed E-state index contributed by atoms with van der Waals surface area (Å²) in [6.07, 6.45) is 13.0. The molecule has 0 bridgehead atoms. The highest BCUT2D eigenvalue weighted by molar-refractivity contribution is 6.39. The van der Waals surface area contributed by atoms with Crippen LogP contribution < -0.4 is 0 Å². The third kappa shape index (κ3) is 3.11. The number of imidazole rings is 1. The Morgan fingerprint density at radius 2 is 1.78 bits per heavy atom. The molecule has 0 atom stereocenters. The van der Waals surface area contributed by atoms with Gasteiger partial charge in [0.15, 0.2) is 0 Å². The number of pyridine rings is 2. The fraction of sp³-hybridized carbons (Fsp3) is 0.240. The Labute approximate surface area is 195 Å². The predicted octanol–water partition coefficient (Wildman–Crippen LogP) is 7.14. The van der Waals surface area contributed by atoms with Crippen molar-refractivity contribution in [3.8, 4) is 22.4 Å². The Morgan fingerprint density at radius 3 is 2.56 bits per heavy atom. The molecule has 4 heterocycles. The fourth-order valence-corrected chi connectivity index (χ4v) is 5.37. The first-order valence-corrected chi connectivity index (χ1v) is 11.6. The molecule has 32 heavy (non-hydrogen) atoms. The lowest BCUT2D eigenvalue weighted by atomic mass is 10.1. The topological polar surface area (TPSA) is 48.0 Å². The van der Waals surface area contributed by atoms with Crippen molar-refractivity contribution < 1.29 is 0 Å². The van der Waals surface area contributed by atoms with Gasteiger partial charge in [-0.05, 0) is 44.0 Å². The van der Waals surface area contributed by atoms with E-state index in [1.54, 1.807) is 0 Å². The minimum absolute atomic E-state index is 0.516. The van der Waals surface area contributed by atoms with Crippen molar-refractivity contribution in [1.29, 1.82) is 0 Å². The lowest BCUT2D eigenvalue weighted by Gasteiger charge is -2.08. The smallest absolute Gasteiger partial charge is 0.147 e. The van der Waals surface area contributed by atoms with Crippen LogP contribution in [0.1, 0.15) is 37.4 Å². The van der Waals surface area contributed by atoms with Crippen LogP contribution in [0.2, 0.25) is 10.0 Å². The van der Waals surface area contributed by atoms with Gasteiger partial charge in [0.1, 0.15) is 5.65 Å². The molecule has 7 heteroatoms. The Balaban J connectivity index is 1.51. The van der Waals surface area contributed by atoms with E-state index in [9.17, 15) is 0 Å². The number of rotatable bonds is 3. The van der Waals surface area contributed by atoms with Crippen LogP contribution in [-0.4, -0.2) is 24.1 Å². The Bertz CT molecular complexity index is 1460. The number of fused-ring (bicyclic) bond motifs is 3. The average molecular weight is 462 g/mol. The van der Waals surface area contributed by atoms with Gasteiger partial charge in [-0.3, -0.25) is 9.67 Å². The van der Waals surface area contributed by atoms with E-state index < -0.39 is 0 Å². The molecule has 160 valence electrons. The molecular weight excluding hydrogens is 441 g/mol. The summed E-state index contributed by atoms with van der Waals surface area (Å²) in [5.74, 6) is 0. The van der Waals surface area contributed by atoms with E-state index in [-0.39, 0.29) is 0 Å². The van der Waals surface area contributed by atoms with Gasteiger partial charge >= 0.3 is 0 Å². The standard InChI is InChI=1S/C25H21Cl2N5/c1-15-24(23-20(26)7-4-8-21(23)27)30-25-19-11-16(12-28-22(19)9-10-31(15)25)17-13-29-32(14-17)18-5-2-3-6-18/h4,7-14,18H,2-3,5-6H2,1H3. The van der Waals surface area contributed by atoms with Crippen molar-refractivity contribution >= 4 is 39.8 Å². The zero-order valence-electron chi connectivity index (χ0n) is 17.6. The van der Waals surface area contributed by atoms with Crippen LogP contribution in [0.4, 0.5) is 0 Å². The Morgan fingerprint density at radius 1 is 1.00 bits per heavy atom. The number of benzene rings is 1. The van der Waals surface area contributed by atoms with Gasteiger partial charge in [0.05, 0.1) is 33.5 Å². The highest BCUT2D eigenvalue weighted by atomic mass is 35.5. The third-order valence-corrected chi connectivity index (χ3v) is 7.15. The van der Waals surface area contributed by atoms with Gasteiger partial charge in [0.25, 0.3) is 0 Å². The molecular formula is C25H21Cl2N5. The van der Waals surface area contributed by atoms with E-state index in [0.29, 0.717) is 16.1 Å². The van der Waals surface area contributed by atoms with Gasteiger partial charge in [0.2, 0.25) is 0 Å². The first-order chi connectivity index (χ1) is 15.6. The zero-order chi connectivity index (χ0) is 21.8. The number of nitrogens with zero attached hydrogens (tertiary/aromatic N) is 5. The SMILES string of the molecule is Cc1c(-c2c(Cl)cccc2Cl)nc2c3cc(-c4cnn(C5CCCC5)c4)cnc3ccn12. The van der Waals surface area contributed by atoms with Gasteiger partial charge < -0.3 is 4.40 Å². The average Bonchev–Trinajstić information content (AvgIpc) is 3.54. The monoisotopic (exact) mass is 461 g/mol. The molecule has 1 aromatic carbocycles. The summed E-state index contributed by atoms with van der Waals surface area (Å²) in [5, 5.41) is 6.79. The van der Waals surface area contributed by atoms with Crippen LogP contribution >= 0.6 is 23.2 Å². The maximum Gasteiger partial charge on any atom is 0.147 e. The molecule has 1 aliphatic rings. The number of hydrogen-bond acceptors (Lipinski definition) is 3. The Kier molecular flexibility index (Phi) is 4.70. The second-order valence-electron chi connectivity index (χ2n) is 8.46. The molecule has 1 fully saturated rings. The van der Waals surface area contributed by atoms with E-state index in [0.717, 1.165) is 44.6 Å². The van der Waals surface area contributed by atoms with Crippen LogP contribution in [0.25, 0.3) is 38.9 Å². The maximum atomic E-state index is 6.49. The van der Waals surface area contributed by atoms with Crippen molar-refractivity contribution in [2.75, 3.05) is 0 Å². The van der Waals surface area contributed by atoms with Gasteiger partial charge in [-0.15, -0.1) is 0 Å². The normalized spacial score (nSPS) is 14.7. The van der Waals surface area contributed by atoms with Crippen LogP contribution in [-0.2, 0) is 0 Å². The number of aryl methyl sites for hydroxylation is 1. The van der Waals surface area contributed by atoms with E-state index in [1.807, 2.05) is 49.8 Å². The summed E-state index contributed by atoms with van der Waals surface area (Å²) in [6, 6.07) is 10.2. The van der Waals surface area contributed by atoms with Crippen molar-refractivity contribution in [3.63, 3.8) is 0 Å². The largest absolute Gasteiger partial charge is 0.303 e. The summed E-state index contributed by atoms with van der Waals surface area (Å²) >= 11 is 13.0. The molecule has 0 aliphatic heterocycles. The summed E-state index contributed by atoms with van der Waals surface area (Å²) in [6.45, 7) is 2.03. The zero-order valence-corrected chi connectivity index (χ0v) is 19.1. The van der Waals surface area contributed by atoms with Crippen LogP contribution in [0.3, 0.4) is 0 Å². The van der Waals surface area contributed by atoms with Gasteiger partial charge in [-0.1, -0.05) is 42.1 Å². The molecule has 4 aromatic heterocycles. The predicted molar refractivity (Wildman–Crippen MR) is 129 cm³/mol. The molecule has 0 radical (unpaired) electrons. The van der Waals surface area contributed by atoms with E-state index in [2.05, 4.69) is 26.4 Å². The van der Waals surface area contributed by atoms with Crippen LogP contribution in [0.5, 0.6) is 0 Å². The summed E-state index contributed by atoms with van der Waals surface area (Å²) in [5.41, 5.74) is 6.37. The van der Waals surface area contributed by atoms with Crippen molar-refractivity contribution in [3.05, 3.63) is 70.9 Å². The molecule has 5 nitrogen and oxygen atoms in total. The van der Waals surface area contributed by atoms with Gasteiger partial charge in [0, 0.05) is 46.4 Å². The molecule has 0 spiro atoms. The third-order valence-electron chi connectivity index (χ3n) is 6.52. The summed E-state index contributed by atoms with van der Waals surface area (Å²) < 4.78 is 4.19. The highest BCUT2D eigenvalue weighted by Crippen LogP contribution is 2.37. The lowest BCUT2D eigenvalue weighted by molar-refractivity contribution is 0.467. The summed E-state index contributed by atoms with van der Waals surface area (Å²) in [4.78, 5) is 9.69. The summed E-state index contributed by atoms with van der Waals surface area (Å²) in [7, 11) is 0. The van der Waals surface area contributed by atoms with Gasteiger partial charge in [-0.25, -0.2) is 4.98 Å². The first kappa shape index (κ1) is 19.8. The second kappa shape index (κ2) is 7.61. The molecule has 1 saturated carbocycles. The first-order valence-electron chi connectivity index (χ1n) is 10.9. The van der Waals surface area contributed by atoms with E-state index in [4.69, 9.17) is 33.2 Å². The molecule has 0 unspecified atom stereocenters. The number of halogens is 2. The second-order valence-corrected chi connectivity index (χ2v) is 9.27. The molecule has 0 saturated heterocycles. The van der Waals surface area contributed by atoms with Gasteiger partial charge in [-0.2, -0.15) is 5.10 Å². The van der Waals surface area contributed by atoms with E-state index >= 15 is 0 Å². The minimum atomic E-state index is 0.516. The van der Waals surface area contributed by atoms with E-state index in [1.165, 1.54) is 25.7 Å². The molecule has 0 N–H and O–H groups in total. The molecule has 6 rings (SSSR count). The molecule has 0 amide bonds. The quantitative estimate of drug-likeness (QED) is 0.286. The van der Waals surface area contributed by atoms with Crippen molar-refractivity contribution in [1.82, 2.24) is 24.1 Å².